The van der Waals surface area contributed by atoms with Gasteiger partial charge in [-0.2, -0.15) is 0 Å². The van der Waals surface area contributed by atoms with Gasteiger partial charge in [-0.25, -0.2) is 0 Å². The number of allylic oxidation sites excluding steroid dienone is 4. The van der Waals surface area contributed by atoms with E-state index in [4.69, 9.17) is 4.43 Å². The molecule has 1 aromatic rings. The summed E-state index contributed by atoms with van der Waals surface area (Å²) < 4.78 is 13.7. The fraction of sp³-hybridized carbons (Fsp3) is 0.429. The number of fused-ring (bicyclic) bond motifs is 1. The van der Waals surface area contributed by atoms with Crippen LogP contribution in [0, 0.1) is 0 Å². The van der Waals surface area contributed by atoms with Crippen molar-refractivity contribution in [3.63, 3.8) is 0 Å². The van der Waals surface area contributed by atoms with Gasteiger partial charge in [0.2, 0.25) is 0 Å². The summed E-state index contributed by atoms with van der Waals surface area (Å²) in [6, 6.07) is 8.97. The molecule has 0 aromatic heterocycles. The maximum atomic E-state index is 6.06. The second-order valence-electron chi connectivity index (χ2n) is 9.64. The molecule has 0 saturated heterocycles. The van der Waals surface area contributed by atoms with Gasteiger partial charge in [-0.3, -0.25) is 0 Å². The van der Waals surface area contributed by atoms with Gasteiger partial charge in [-0.1, -0.05) is 0 Å². The molecule has 0 saturated carbocycles. The Morgan fingerprint density at radius 1 is 1.15 bits per heavy atom. The fourth-order valence-corrected chi connectivity index (χ4v) is 17.7. The Labute approximate surface area is 181 Å². The maximum absolute atomic E-state index is 6.06. The van der Waals surface area contributed by atoms with Gasteiger partial charge in [0.25, 0.3) is 0 Å². The van der Waals surface area contributed by atoms with E-state index in [1.165, 1.54) is 11.1 Å². The predicted octanol–water partition coefficient (Wildman–Crippen LogP) is 6.39. The largest absolute Gasteiger partial charge is 0.147 e. The zero-order chi connectivity index (χ0) is 18.3. The molecule has 3 rings (SSSR count). The molecule has 1 aromatic carbocycles. The minimum atomic E-state index is -3.01. The van der Waals surface area contributed by atoms with E-state index in [2.05, 4.69) is 84.4 Å². The maximum Gasteiger partial charge on any atom is -0.147 e. The van der Waals surface area contributed by atoms with E-state index in [1.54, 1.807) is 8.84 Å². The van der Waals surface area contributed by atoms with Crippen LogP contribution >= 0.6 is 24.8 Å². The van der Waals surface area contributed by atoms with E-state index in [0.717, 1.165) is 19.4 Å². The standard InChI is InChI=1S/C10H17OSi.C9H7.2CH3.2ClH.H2Si.Zr/c1-12(2,3)11-9-8-10-6-4-5-7-10;1-2-5-9-7-3-6-8(9)4-1;;;;;;/h6-7H,4,8-9H2,1-3H3;1-7H;2*1H3;2*1H;1H2;. The van der Waals surface area contributed by atoms with Crippen molar-refractivity contribution in [3.8, 4) is 0 Å². The molecule has 0 radical (unpaired) electrons. The zero-order valence-electron chi connectivity index (χ0n) is 17.2. The number of hydrogen-bond donors (Lipinski definition) is 0. The summed E-state index contributed by atoms with van der Waals surface area (Å²) in [6.45, 7) is 10.0. The molecule has 0 amide bonds. The van der Waals surface area contributed by atoms with E-state index in [-0.39, 0.29) is 24.8 Å². The topological polar surface area (TPSA) is 9.23 Å². The summed E-state index contributed by atoms with van der Waals surface area (Å²) in [7, 11) is -1.40. The van der Waals surface area contributed by atoms with Gasteiger partial charge in [0, 0.05) is 0 Å². The first-order valence-electron chi connectivity index (χ1n) is 9.44. The molecule has 1 unspecified atom stereocenters. The number of benzene rings is 1. The second kappa shape index (κ2) is 8.98. The molecule has 2 aliphatic carbocycles. The van der Waals surface area contributed by atoms with Gasteiger partial charge in [0.1, 0.15) is 0 Å². The first-order valence-corrected chi connectivity index (χ1v) is 26.3. The zero-order valence-corrected chi connectivity index (χ0v) is 23.8. The molecule has 0 fully saturated rings. The van der Waals surface area contributed by atoms with Gasteiger partial charge >= 0.3 is 158 Å². The predicted molar refractivity (Wildman–Crippen MR) is 128 cm³/mol. The Hall–Kier alpha value is 0.297. The molecular weight excluding hydrogens is 487 g/mol. The van der Waals surface area contributed by atoms with E-state index in [9.17, 15) is 0 Å². The SMILES string of the molecule is C[Si](C)(C)OCCC1=CC[C]([Zr]([CH3])([CH3])(=[SiH2])[CH]2C=Cc3ccccc32)=C1.Cl.Cl. The van der Waals surface area contributed by atoms with E-state index in [1.807, 2.05) is 0 Å². The van der Waals surface area contributed by atoms with E-state index >= 15 is 0 Å². The summed E-state index contributed by atoms with van der Waals surface area (Å²) in [4.78, 5) is 0. The molecule has 27 heavy (non-hydrogen) atoms. The van der Waals surface area contributed by atoms with Gasteiger partial charge in [0.15, 0.2) is 0 Å². The van der Waals surface area contributed by atoms with Crippen LogP contribution < -0.4 is 0 Å². The summed E-state index contributed by atoms with van der Waals surface area (Å²) in [5, 5.41) is 0. The van der Waals surface area contributed by atoms with E-state index < -0.39 is 25.7 Å². The first-order chi connectivity index (χ1) is 11.6. The summed E-state index contributed by atoms with van der Waals surface area (Å²) >= 11 is -3.01. The van der Waals surface area contributed by atoms with Crippen molar-refractivity contribution in [1.82, 2.24) is 0 Å². The fourth-order valence-electron chi connectivity index (χ4n) is 4.06. The summed E-state index contributed by atoms with van der Waals surface area (Å²) in [5.41, 5.74) is 4.49. The molecule has 6 heteroatoms. The number of halogens is 2. The smallest absolute Gasteiger partial charge is 0.147 e. The normalized spacial score (nSPS) is 19.0. The van der Waals surface area contributed by atoms with Crippen LogP contribution in [0.5, 0.6) is 0 Å². The van der Waals surface area contributed by atoms with Crippen LogP contribution in [0.15, 0.2) is 51.3 Å². The minimum Gasteiger partial charge on any atom is -0.147 e. The third kappa shape index (κ3) is 5.68. The quantitative estimate of drug-likeness (QED) is 0.395. The molecule has 1 atom stereocenters. The summed E-state index contributed by atoms with van der Waals surface area (Å²) in [5.74, 6) is 0. The molecule has 0 N–H and O–H groups in total. The van der Waals surface area contributed by atoms with E-state index in [0.29, 0.717) is 3.63 Å². The molecule has 2 aliphatic rings. The van der Waals surface area contributed by atoms with Gasteiger partial charge in [-0.05, 0) is 0 Å². The van der Waals surface area contributed by atoms with Crippen LogP contribution in [0.2, 0.25) is 28.9 Å². The van der Waals surface area contributed by atoms with Crippen LogP contribution in [0.4, 0.5) is 0 Å². The first kappa shape index (κ1) is 25.3. The third-order valence-electron chi connectivity index (χ3n) is 5.72. The Bertz CT molecular complexity index is 844. The Morgan fingerprint density at radius 2 is 1.81 bits per heavy atom. The van der Waals surface area contributed by atoms with Crippen LogP contribution in [-0.4, -0.2) is 21.8 Å². The molecular formula is C21H34Cl2OSi2Zr. The van der Waals surface area contributed by atoms with Crippen LogP contribution in [0.1, 0.15) is 27.6 Å². The molecule has 150 valence electrons. The van der Waals surface area contributed by atoms with Gasteiger partial charge in [0.05, 0.1) is 0 Å². The summed E-state index contributed by atoms with van der Waals surface area (Å²) in [6.07, 6.45) is 12.1. The second-order valence-corrected chi connectivity index (χ2v) is 43.9. The third-order valence-corrected chi connectivity index (χ3v) is 24.3. The molecule has 0 heterocycles. The van der Waals surface area contributed by atoms with Crippen molar-refractivity contribution >= 4 is 46.1 Å². The molecule has 0 aliphatic heterocycles. The van der Waals surface area contributed by atoms with Crippen molar-refractivity contribution in [2.24, 2.45) is 0 Å². The van der Waals surface area contributed by atoms with Crippen molar-refractivity contribution in [1.29, 1.82) is 0 Å². The minimum absolute atomic E-state index is 0. The van der Waals surface area contributed by atoms with Gasteiger partial charge in [-0.15, -0.1) is 24.8 Å². The molecule has 0 spiro atoms. The number of rotatable bonds is 6. The van der Waals surface area contributed by atoms with Crippen molar-refractivity contribution in [3.05, 3.63) is 62.5 Å². The van der Waals surface area contributed by atoms with Crippen molar-refractivity contribution in [2.75, 3.05) is 6.61 Å². The Morgan fingerprint density at radius 3 is 2.48 bits per heavy atom. The Kier molecular flexibility index (Phi) is 8.42. The van der Waals surface area contributed by atoms with Crippen LogP contribution in [0.3, 0.4) is 0 Å². The average Bonchev–Trinajstić information content (AvgIpc) is 3.12. The van der Waals surface area contributed by atoms with Crippen molar-refractivity contribution in [2.45, 2.75) is 45.4 Å². The average molecular weight is 521 g/mol. The Balaban J connectivity index is 0.00000182. The monoisotopic (exact) mass is 518 g/mol. The number of hydrogen-bond acceptors (Lipinski definition) is 1. The molecule has 0 bridgehead atoms. The molecule has 1 nitrogen and oxygen atoms in total. The van der Waals surface area contributed by atoms with Gasteiger partial charge < -0.3 is 0 Å². The van der Waals surface area contributed by atoms with Crippen LogP contribution in [0.25, 0.3) is 6.08 Å². The van der Waals surface area contributed by atoms with Crippen LogP contribution in [-0.2, 0) is 21.8 Å². The van der Waals surface area contributed by atoms with Crippen molar-refractivity contribution < 1.29 is 21.8 Å².